The van der Waals surface area contributed by atoms with Gasteiger partial charge in [-0.25, -0.2) is 0 Å². The van der Waals surface area contributed by atoms with Gasteiger partial charge in [-0.05, 0) is 73.7 Å². The van der Waals surface area contributed by atoms with Crippen LogP contribution in [0.4, 0.5) is 5.69 Å². The molecule has 1 fully saturated rings. The predicted octanol–water partition coefficient (Wildman–Crippen LogP) is 4.61. The van der Waals surface area contributed by atoms with Gasteiger partial charge in [0.2, 0.25) is 0 Å². The van der Waals surface area contributed by atoms with E-state index < -0.39 is 0 Å². The Kier molecular flexibility index (Phi) is 5.17. The van der Waals surface area contributed by atoms with Crippen molar-refractivity contribution < 1.29 is 9.59 Å². The minimum absolute atomic E-state index is 0.00847. The number of halogens is 1. The lowest BCUT2D eigenvalue weighted by molar-refractivity contribution is 0.0937. The molecule has 27 heavy (non-hydrogen) atoms. The Morgan fingerprint density at radius 2 is 1.67 bits per heavy atom. The molecule has 0 atom stereocenters. The third kappa shape index (κ3) is 3.86. The average molecular weight is 383 g/mol. The highest BCUT2D eigenvalue weighted by molar-refractivity contribution is 6.30. The molecule has 2 aromatic carbocycles. The number of carbonyl (C=O) groups excluding carboxylic acids is 2. The summed E-state index contributed by atoms with van der Waals surface area (Å²) in [6, 6.07) is 13.0. The third-order valence-corrected chi connectivity index (χ3v) is 5.74. The SMILES string of the molecule is O=C(NC1CCCC1)c1ccc2c(c1)CCCN2C(=O)c1ccc(Cl)cc1. The predicted molar refractivity (Wildman–Crippen MR) is 108 cm³/mol. The van der Waals surface area contributed by atoms with Crippen LogP contribution in [-0.2, 0) is 6.42 Å². The van der Waals surface area contributed by atoms with Gasteiger partial charge in [0.05, 0.1) is 0 Å². The summed E-state index contributed by atoms with van der Waals surface area (Å²) in [5.41, 5.74) is 3.26. The molecule has 0 aromatic heterocycles. The Bertz CT molecular complexity index is 857. The topological polar surface area (TPSA) is 49.4 Å². The Hall–Kier alpha value is -2.33. The zero-order valence-corrected chi connectivity index (χ0v) is 16.0. The van der Waals surface area contributed by atoms with E-state index in [1.807, 2.05) is 18.2 Å². The van der Waals surface area contributed by atoms with Gasteiger partial charge in [0.1, 0.15) is 0 Å². The molecule has 1 aliphatic heterocycles. The minimum atomic E-state index is -0.0317. The molecule has 140 valence electrons. The van der Waals surface area contributed by atoms with E-state index in [1.54, 1.807) is 29.2 Å². The van der Waals surface area contributed by atoms with Gasteiger partial charge in [-0.1, -0.05) is 24.4 Å². The summed E-state index contributed by atoms with van der Waals surface area (Å²) < 4.78 is 0. The number of hydrogen-bond donors (Lipinski definition) is 1. The lowest BCUT2D eigenvalue weighted by Gasteiger charge is -2.30. The van der Waals surface area contributed by atoms with Crippen molar-refractivity contribution in [3.05, 3.63) is 64.2 Å². The molecule has 2 amide bonds. The van der Waals surface area contributed by atoms with Gasteiger partial charge in [0, 0.05) is 34.4 Å². The van der Waals surface area contributed by atoms with E-state index >= 15 is 0 Å². The van der Waals surface area contributed by atoms with Gasteiger partial charge >= 0.3 is 0 Å². The molecule has 1 aliphatic carbocycles. The van der Waals surface area contributed by atoms with Crippen LogP contribution in [0.15, 0.2) is 42.5 Å². The fourth-order valence-electron chi connectivity index (χ4n) is 4.04. The number of nitrogens with one attached hydrogen (secondary N) is 1. The molecule has 1 saturated carbocycles. The van der Waals surface area contributed by atoms with E-state index in [-0.39, 0.29) is 11.8 Å². The van der Waals surface area contributed by atoms with Gasteiger partial charge in [-0.2, -0.15) is 0 Å². The molecule has 0 bridgehead atoms. The van der Waals surface area contributed by atoms with Crippen LogP contribution in [0, 0.1) is 0 Å². The molecule has 0 saturated heterocycles. The lowest BCUT2D eigenvalue weighted by atomic mass is 9.98. The second-order valence-corrected chi connectivity index (χ2v) is 7.80. The first-order valence-electron chi connectivity index (χ1n) is 9.63. The number of amides is 2. The Morgan fingerprint density at radius 3 is 2.41 bits per heavy atom. The fourth-order valence-corrected chi connectivity index (χ4v) is 4.16. The Labute approximate surface area is 164 Å². The Morgan fingerprint density at radius 1 is 0.963 bits per heavy atom. The highest BCUT2D eigenvalue weighted by Crippen LogP contribution is 2.30. The zero-order valence-electron chi connectivity index (χ0n) is 15.2. The first-order valence-corrected chi connectivity index (χ1v) is 10.0. The van der Waals surface area contributed by atoms with Gasteiger partial charge in [0.25, 0.3) is 11.8 Å². The van der Waals surface area contributed by atoms with Crippen LogP contribution < -0.4 is 10.2 Å². The van der Waals surface area contributed by atoms with E-state index in [0.717, 1.165) is 36.9 Å². The van der Waals surface area contributed by atoms with Crippen molar-refractivity contribution in [2.75, 3.05) is 11.4 Å². The van der Waals surface area contributed by atoms with Crippen molar-refractivity contribution in [2.45, 2.75) is 44.6 Å². The van der Waals surface area contributed by atoms with Crippen molar-refractivity contribution in [3.8, 4) is 0 Å². The van der Waals surface area contributed by atoms with Crippen molar-refractivity contribution in [1.82, 2.24) is 5.32 Å². The summed E-state index contributed by atoms with van der Waals surface area (Å²) in [4.78, 5) is 27.3. The molecule has 1 heterocycles. The van der Waals surface area contributed by atoms with Crippen molar-refractivity contribution >= 4 is 29.1 Å². The summed E-state index contributed by atoms with van der Waals surface area (Å²) in [6.07, 6.45) is 6.29. The van der Waals surface area contributed by atoms with Crippen LogP contribution in [0.1, 0.15) is 58.4 Å². The number of hydrogen-bond acceptors (Lipinski definition) is 2. The zero-order chi connectivity index (χ0) is 18.8. The summed E-state index contributed by atoms with van der Waals surface area (Å²) in [6.45, 7) is 0.683. The summed E-state index contributed by atoms with van der Waals surface area (Å²) in [5.74, 6) is -0.0402. The van der Waals surface area contributed by atoms with E-state index in [9.17, 15) is 9.59 Å². The molecule has 2 aliphatic rings. The molecule has 2 aromatic rings. The van der Waals surface area contributed by atoms with E-state index in [4.69, 9.17) is 11.6 Å². The molecule has 4 rings (SSSR count). The van der Waals surface area contributed by atoms with Crippen LogP contribution in [0.5, 0.6) is 0 Å². The molecule has 4 nitrogen and oxygen atoms in total. The Balaban J connectivity index is 1.55. The largest absolute Gasteiger partial charge is 0.349 e. The normalized spacial score (nSPS) is 16.9. The van der Waals surface area contributed by atoms with E-state index in [2.05, 4.69) is 5.32 Å². The molecular weight excluding hydrogens is 360 g/mol. The van der Waals surface area contributed by atoms with E-state index in [0.29, 0.717) is 28.7 Å². The van der Waals surface area contributed by atoms with Gasteiger partial charge in [-0.3, -0.25) is 9.59 Å². The second-order valence-electron chi connectivity index (χ2n) is 7.37. The highest BCUT2D eigenvalue weighted by Gasteiger charge is 2.25. The third-order valence-electron chi connectivity index (χ3n) is 5.49. The van der Waals surface area contributed by atoms with Crippen molar-refractivity contribution in [2.24, 2.45) is 0 Å². The maximum Gasteiger partial charge on any atom is 0.258 e. The first-order chi connectivity index (χ1) is 13.1. The number of anilines is 1. The number of rotatable bonds is 3. The first kappa shape index (κ1) is 18.1. The van der Waals surface area contributed by atoms with Gasteiger partial charge in [0.15, 0.2) is 0 Å². The van der Waals surface area contributed by atoms with Crippen LogP contribution in [0.25, 0.3) is 0 Å². The van der Waals surface area contributed by atoms with Gasteiger partial charge in [-0.15, -0.1) is 0 Å². The molecule has 5 heteroatoms. The number of carbonyl (C=O) groups is 2. The number of fused-ring (bicyclic) bond motifs is 1. The lowest BCUT2D eigenvalue weighted by Crippen LogP contribution is -2.36. The standard InChI is InChI=1S/C22H23ClN2O2/c23-18-10-7-15(8-11-18)22(27)25-13-3-4-16-14-17(9-12-20(16)25)21(26)24-19-5-1-2-6-19/h7-12,14,19H,1-6,13H2,(H,24,26). The summed E-state index contributed by atoms with van der Waals surface area (Å²) in [7, 11) is 0. The smallest absolute Gasteiger partial charge is 0.258 e. The molecule has 0 radical (unpaired) electrons. The highest BCUT2D eigenvalue weighted by atomic mass is 35.5. The monoisotopic (exact) mass is 382 g/mol. The average Bonchev–Trinajstić information content (AvgIpc) is 3.20. The second kappa shape index (κ2) is 7.73. The molecule has 0 unspecified atom stereocenters. The van der Waals surface area contributed by atoms with Crippen molar-refractivity contribution in [3.63, 3.8) is 0 Å². The number of aryl methyl sites for hydroxylation is 1. The molecular formula is C22H23ClN2O2. The maximum atomic E-state index is 12.9. The van der Waals surface area contributed by atoms with Crippen LogP contribution in [0.2, 0.25) is 5.02 Å². The summed E-state index contributed by atoms with van der Waals surface area (Å²) in [5, 5.41) is 3.75. The quantitative estimate of drug-likeness (QED) is 0.842. The fraction of sp³-hybridized carbons (Fsp3) is 0.364. The molecule has 1 N–H and O–H groups in total. The number of benzene rings is 2. The maximum absolute atomic E-state index is 12.9. The van der Waals surface area contributed by atoms with Crippen LogP contribution in [-0.4, -0.2) is 24.4 Å². The van der Waals surface area contributed by atoms with Crippen LogP contribution >= 0.6 is 11.6 Å². The molecule has 0 spiro atoms. The van der Waals surface area contributed by atoms with Crippen LogP contribution in [0.3, 0.4) is 0 Å². The van der Waals surface area contributed by atoms with Gasteiger partial charge < -0.3 is 10.2 Å². The summed E-state index contributed by atoms with van der Waals surface area (Å²) >= 11 is 5.93. The number of nitrogens with zero attached hydrogens (tertiary/aromatic N) is 1. The minimum Gasteiger partial charge on any atom is -0.349 e. The van der Waals surface area contributed by atoms with E-state index in [1.165, 1.54) is 12.8 Å². The van der Waals surface area contributed by atoms with Crippen molar-refractivity contribution in [1.29, 1.82) is 0 Å².